The molecule has 2 aliphatic rings. The lowest BCUT2D eigenvalue weighted by atomic mass is 10.0. The van der Waals surface area contributed by atoms with Crippen LogP contribution in [0, 0.1) is 0 Å². The van der Waals surface area contributed by atoms with E-state index in [0.29, 0.717) is 18.3 Å². The number of nitrogens with zero attached hydrogens (tertiary/aromatic N) is 3. The molecule has 2 N–H and O–H groups in total. The third-order valence-corrected chi connectivity index (χ3v) is 4.92. The molecule has 0 bridgehead atoms. The maximum absolute atomic E-state index is 12.7. The monoisotopic (exact) mass is 341 g/mol. The van der Waals surface area contributed by atoms with E-state index in [0.717, 1.165) is 50.1 Å². The van der Waals surface area contributed by atoms with Crippen LogP contribution in [0.5, 0.6) is 5.75 Å². The van der Waals surface area contributed by atoms with Crippen molar-refractivity contribution in [1.29, 1.82) is 0 Å². The molecule has 4 rings (SSSR count). The number of aromatic nitrogens is 3. The van der Waals surface area contributed by atoms with Crippen LogP contribution in [0.25, 0.3) is 0 Å². The van der Waals surface area contributed by atoms with Gasteiger partial charge in [0.25, 0.3) is 5.91 Å². The SMILES string of the molecule is O=C(NC1CCCOc2ccccc21)c1cn(C2CCNCC2)nn1. The first kappa shape index (κ1) is 16.1. The number of carbonyl (C=O) groups excluding carboxylic acids is 1. The van der Waals surface area contributed by atoms with Crippen molar-refractivity contribution in [3.05, 3.63) is 41.7 Å². The Morgan fingerprint density at radius 1 is 1.24 bits per heavy atom. The van der Waals surface area contributed by atoms with E-state index in [1.165, 1.54) is 0 Å². The molecule has 1 fully saturated rings. The van der Waals surface area contributed by atoms with Crippen molar-refractivity contribution < 1.29 is 9.53 Å². The summed E-state index contributed by atoms with van der Waals surface area (Å²) in [4.78, 5) is 12.7. The van der Waals surface area contributed by atoms with Crippen LogP contribution >= 0.6 is 0 Å². The second kappa shape index (κ2) is 7.23. The summed E-state index contributed by atoms with van der Waals surface area (Å²) in [5.74, 6) is 0.672. The molecule has 1 aromatic carbocycles. The minimum Gasteiger partial charge on any atom is -0.493 e. The average molecular weight is 341 g/mol. The summed E-state index contributed by atoms with van der Waals surface area (Å²) < 4.78 is 7.59. The molecular weight excluding hydrogens is 318 g/mol. The highest BCUT2D eigenvalue weighted by Gasteiger charge is 2.24. The normalized spacial score (nSPS) is 21.0. The molecule has 0 radical (unpaired) electrons. The molecule has 0 aliphatic carbocycles. The number of benzene rings is 1. The molecule has 1 amide bonds. The van der Waals surface area contributed by atoms with E-state index in [9.17, 15) is 4.79 Å². The largest absolute Gasteiger partial charge is 0.493 e. The van der Waals surface area contributed by atoms with Gasteiger partial charge in [0.1, 0.15) is 5.75 Å². The minimum atomic E-state index is -0.179. The van der Waals surface area contributed by atoms with Crippen LogP contribution in [0.15, 0.2) is 30.5 Å². The number of piperidine rings is 1. The molecule has 7 heteroatoms. The molecule has 132 valence electrons. The molecule has 0 saturated carbocycles. The van der Waals surface area contributed by atoms with Gasteiger partial charge in [0, 0.05) is 5.56 Å². The number of ether oxygens (including phenoxy) is 1. The maximum atomic E-state index is 12.7. The van der Waals surface area contributed by atoms with Crippen molar-refractivity contribution in [1.82, 2.24) is 25.6 Å². The molecule has 1 unspecified atom stereocenters. The number of para-hydroxylation sites is 1. The Bertz CT molecular complexity index is 739. The lowest BCUT2D eigenvalue weighted by molar-refractivity contribution is 0.0929. The van der Waals surface area contributed by atoms with Crippen molar-refractivity contribution in [2.24, 2.45) is 0 Å². The lowest BCUT2D eigenvalue weighted by Gasteiger charge is -2.22. The summed E-state index contributed by atoms with van der Waals surface area (Å²) in [6.07, 6.45) is 5.55. The summed E-state index contributed by atoms with van der Waals surface area (Å²) in [7, 11) is 0. The summed E-state index contributed by atoms with van der Waals surface area (Å²) >= 11 is 0. The molecular formula is C18H23N5O2. The van der Waals surface area contributed by atoms with Crippen molar-refractivity contribution in [3.8, 4) is 5.75 Å². The molecule has 25 heavy (non-hydrogen) atoms. The summed E-state index contributed by atoms with van der Waals surface area (Å²) in [6.45, 7) is 2.63. The first-order valence-electron chi connectivity index (χ1n) is 8.96. The molecule has 0 spiro atoms. The van der Waals surface area contributed by atoms with E-state index in [2.05, 4.69) is 20.9 Å². The van der Waals surface area contributed by atoms with Crippen LogP contribution in [-0.2, 0) is 0 Å². The fourth-order valence-corrected chi connectivity index (χ4v) is 3.54. The number of fused-ring (bicyclic) bond motifs is 1. The predicted octanol–water partition coefficient (Wildman–Crippen LogP) is 1.85. The van der Waals surface area contributed by atoms with Crippen LogP contribution in [0.1, 0.15) is 53.8 Å². The van der Waals surface area contributed by atoms with Crippen LogP contribution in [0.4, 0.5) is 0 Å². The lowest BCUT2D eigenvalue weighted by Crippen LogP contribution is -2.30. The van der Waals surface area contributed by atoms with Gasteiger partial charge in [-0.25, -0.2) is 4.68 Å². The Labute approximate surface area is 146 Å². The molecule has 1 aromatic heterocycles. The fraction of sp³-hybridized carbons (Fsp3) is 0.500. The number of nitrogens with one attached hydrogen (secondary N) is 2. The quantitative estimate of drug-likeness (QED) is 0.890. The first-order valence-corrected chi connectivity index (χ1v) is 8.96. The van der Waals surface area contributed by atoms with Crippen molar-refractivity contribution in [2.45, 2.75) is 37.8 Å². The third-order valence-electron chi connectivity index (χ3n) is 4.92. The topological polar surface area (TPSA) is 81.1 Å². The van der Waals surface area contributed by atoms with Gasteiger partial charge in [0.15, 0.2) is 5.69 Å². The fourth-order valence-electron chi connectivity index (χ4n) is 3.54. The smallest absolute Gasteiger partial charge is 0.273 e. The van der Waals surface area contributed by atoms with Crippen LogP contribution in [-0.4, -0.2) is 40.6 Å². The van der Waals surface area contributed by atoms with E-state index < -0.39 is 0 Å². The van der Waals surface area contributed by atoms with E-state index in [1.807, 2.05) is 28.9 Å². The second-order valence-electron chi connectivity index (χ2n) is 6.62. The summed E-state index contributed by atoms with van der Waals surface area (Å²) in [5.41, 5.74) is 1.40. The maximum Gasteiger partial charge on any atom is 0.273 e. The van der Waals surface area contributed by atoms with Gasteiger partial charge in [-0.1, -0.05) is 23.4 Å². The van der Waals surface area contributed by atoms with Gasteiger partial charge in [-0.2, -0.15) is 0 Å². The van der Waals surface area contributed by atoms with E-state index in [1.54, 1.807) is 6.20 Å². The standard InChI is InChI=1S/C18H23N5O2/c24-18(16-12-23(22-21-16)13-7-9-19-10-8-13)20-15-5-3-11-25-17-6-2-1-4-14(15)17/h1-2,4,6,12-13,15,19H,3,5,7-11H2,(H,20,24). The minimum absolute atomic E-state index is 0.0600. The molecule has 1 atom stereocenters. The summed E-state index contributed by atoms with van der Waals surface area (Å²) in [6, 6.07) is 8.15. The molecule has 1 saturated heterocycles. The Balaban J connectivity index is 1.48. The van der Waals surface area contributed by atoms with Gasteiger partial charge in [0.05, 0.1) is 24.9 Å². The van der Waals surface area contributed by atoms with Crippen LogP contribution in [0.2, 0.25) is 0 Å². The Morgan fingerprint density at radius 3 is 2.96 bits per heavy atom. The Hall–Kier alpha value is -2.41. The van der Waals surface area contributed by atoms with E-state index >= 15 is 0 Å². The van der Waals surface area contributed by atoms with Crippen molar-refractivity contribution in [3.63, 3.8) is 0 Å². The highest BCUT2D eigenvalue weighted by atomic mass is 16.5. The van der Waals surface area contributed by atoms with Crippen molar-refractivity contribution >= 4 is 5.91 Å². The van der Waals surface area contributed by atoms with Gasteiger partial charge in [0.2, 0.25) is 0 Å². The number of hydrogen-bond donors (Lipinski definition) is 2. The molecule has 2 aliphatic heterocycles. The highest BCUT2D eigenvalue weighted by molar-refractivity contribution is 5.92. The molecule has 7 nitrogen and oxygen atoms in total. The van der Waals surface area contributed by atoms with Crippen molar-refractivity contribution in [2.75, 3.05) is 19.7 Å². The first-order chi connectivity index (χ1) is 12.3. The second-order valence-corrected chi connectivity index (χ2v) is 6.62. The molecule has 3 heterocycles. The zero-order valence-electron chi connectivity index (χ0n) is 14.1. The highest BCUT2D eigenvalue weighted by Crippen LogP contribution is 2.31. The zero-order valence-corrected chi connectivity index (χ0v) is 14.1. The Morgan fingerprint density at radius 2 is 2.08 bits per heavy atom. The van der Waals surface area contributed by atoms with E-state index in [-0.39, 0.29) is 11.9 Å². The van der Waals surface area contributed by atoms with E-state index in [4.69, 9.17) is 4.74 Å². The van der Waals surface area contributed by atoms with Gasteiger partial charge in [-0.05, 0) is 44.8 Å². The van der Waals surface area contributed by atoms with Gasteiger partial charge >= 0.3 is 0 Å². The van der Waals surface area contributed by atoms with Gasteiger partial charge in [-0.15, -0.1) is 5.10 Å². The third kappa shape index (κ3) is 3.51. The molecule has 2 aromatic rings. The number of amides is 1. The predicted molar refractivity (Wildman–Crippen MR) is 92.5 cm³/mol. The number of rotatable bonds is 3. The number of carbonyl (C=O) groups is 1. The average Bonchev–Trinajstić information content (AvgIpc) is 3.07. The van der Waals surface area contributed by atoms with Crippen LogP contribution in [0.3, 0.4) is 0 Å². The van der Waals surface area contributed by atoms with Crippen LogP contribution < -0.4 is 15.4 Å². The Kier molecular flexibility index (Phi) is 4.65. The van der Waals surface area contributed by atoms with Gasteiger partial charge < -0.3 is 15.4 Å². The van der Waals surface area contributed by atoms with Gasteiger partial charge in [-0.3, -0.25) is 4.79 Å². The zero-order chi connectivity index (χ0) is 17.1. The number of hydrogen-bond acceptors (Lipinski definition) is 5. The summed E-state index contributed by atoms with van der Waals surface area (Å²) in [5, 5.41) is 14.7.